The second-order valence-corrected chi connectivity index (χ2v) is 3.55. The standard InChI is InChI=1S/C13H16O/c1-3-11(2)13(14)10-9-12-7-5-4-6-8-12/h1,4-8,11,13-14H,9-10H2,2H3/t11-,13+/m1/s1. The Balaban J connectivity index is 2.39. The van der Waals surface area contributed by atoms with Gasteiger partial charge in [0.05, 0.1) is 6.10 Å². The smallest absolute Gasteiger partial charge is 0.0678 e. The van der Waals surface area contributed by atoms with Crippen molar-refractivity contribution in [2.75, 3.05) is 0 Å². The van der Waals surface area contributed by atoms with Crippen LogP contribution < -0.4 is 0 Å². The molecule has 1 nitrogen and oxygen atoms in total. The molecule has 0 heterocycles. The molecule has 0 unspecified atom stereocenters. The highest BCUT2D eigenvalue weighted by Gasteiger charge is 2.10. The third-order valence-electron chi connectivity index (χ3n) is 2.41. The fourth-order valence-corrected chi connectivity index (χ4v) is 1.32. The van der Waals surface area contributed by atoms with E-state index in [1.54, 1.807) is 0 Å². The summed E-state index contributed by atoms with van der Waals surface area (Å²) in [4.78, 5) is 0. The molecule has 14 heavy (non-hydrogen) atoms. The Kier molecular flexibility index (Phi) is 4.22. The second-order valence-electron chi connectivity index (χ2n) is 3.55. The van der Waals surface area contributed by atoms with Crippen molar-refractivity contribution in [1.82, 2.24) is 0 Å². The summed E-state index contributed by atoms with van der Waals surface area (Å²) in [5.41, 5.74) is 1.25. The molecule has 74 valence electrons. The summed E-state index contributed by atoms with van der Waals surface area (Å²) in [7, 11) is 0. The minimum atomic E-state index is -0.389. The first kappa shape index (κ1) is 10.8. The molecule has 0 aliphatic heterocycles. The highest BCUT2D eigenvalue weighted by Crippen LogP contribution is 2.10. The summed E-state index contributed by atoms with van der Waals surface area (Å²) < 4.78 is 0. The van der Waals surface area contributed by atoms with Crippen LogP contribution in [0, 0.1) is 18.3 Å². The summed E-state index contributed by atoms with van der Waals surface area (Å²) in [6.45, 7) is 1.87. The van der Waals surface area contributed by atoms with Gasteiger partial charge in [0, 0.05) is 5.92 Å². The van der Waals surface area contributed by atoms with Crippen molar-refractivity contribution in [3.8, 4) is 12.3 Å². The summed E-state index contributed by atoms with van der Waals surface area (Å²) in [5.74, 6) is 2.49. The first-order chi connectivity index (χ1) is 6.74. The first-order valence-electron chi connectivity index (χ1n) is 4.92. The van der Waals surface area contributed by atoms with Gasteiger partial charge in [-0.2, -0.15) is 0 Å². The summed E-state index contributed by atoms with van der Waals surface area (Å²) in [6.07, 6.45) is 6.46. The lowest BCUT2D eigenvalue weighted by Crippen LogP contribution is -2.16. The van der Waals surface area contributed by atoms with Crippen molar-refractivity contribution in [2.24, 2.45) is 5.92 Å². The van der Waals surface area contributed by atoms with Crippen molar-refractivity contribution in [3.05, 3.63) is 35.9 Å². The Morgan fingerprint density at radius 1 is 1.36 bits per heavy atom. The molecule has 0 fully saturated rings. The van der Waals surface area contributed by atoms with Crippen LogP contribution in [-0.4, -0.2) is 11.2 Å². The van der Waals surface area contributed by atoms with Crippen molar-refractivity contribution in [2.45, 2.75) is 25.9 Å². The zero-order chi connectivity index (χ0) is 10.4. The predicted molar refractivity (Wildman–Crippen MR) is 58.8 cm³/mol. The summed E-state index contributed by atoms with van der Waals surface area (Å²) in [5, 5.41) is 9.64. The van der Waals surface area contributed by atoms with Crippen molar-refractivity contribution in [1.29, 1.82) is 0 Å². The van der Waals surface area contributed by atoms with Crippen LogP contribution in [-0.2, 0) is 6.42 Å². The van der Waals surface area contributed by atoms with E-state index >= 15 is 0 Å². The lowest BCUT2D eigenvalue weighted by molar-refractivity contribution is 0.132. The molecule has 0 aliphatic rings. The predicted octanol–water partition coefficient (Wildman–Crippen LogP) is 2.25. The van der Waals surface area contributed by atoms with Crippen molar-refractivity contribution in [3.63, 3.8) is 0 Å². The maximum Gasteiger partial charge on any atom is 0.0678 e. The van der Waals surface area contributed by atoms with Gasteiger partial charge in [-0.15, -0.1) is 12.3 Å². The first-order valence-corrected chi connectivity index (χ1v) is 4.92. The van der Waals surface area contributed by atoms with E-state index in [2.05, 4.69) is 18.1 Å². The molecule has 0 aromatic heterocycles. The Labute approximate surface area is 85.8 Å². The average molecular weight is 188 g/mol. The fraction of sp³-hybridized carbons (Fsp3) is 0.385. The Morgan fingerprint density at radius 3 is 2.57 bits per heavy atom. The topological polar surface area (TPSA) is 20.2 Å². The minimum absolute atomic E-state index is 0.0567. The Morgan fingerprint density at radius 2 is 2.00 bits per heavy atom. The Hall–Kier alpha value is -1.26. The molecule has 0 saturated heterocycles. The van der Waals surface area contributed by atoms with E-state index in [1.165, 1.54) is 5.56 Å². The van der Waals surface area contributed by atoms with Crippen LogP contribution in [0.4, 0.5) is 0 Å². The van der Waals surface area contributed by atoms with Gasteiger partial charge in [0.25, 0.3) is 0 Å². The average Bonchev–Trinajstić information content (AvgIpc) is 2.26. The zero-order valence-electron chi connectivity index (χ0n) is 8.48. The zero-order valence-corrected chi connectivity index (χ0v) is 8.48. The lowest BCUT2D eigenvalue weighted by atomic mass is 9.99. The van der Waals surface area contributed by atoms with Gasteiger partial charge < -0.3 is 5.11 Å². The highest BCUT2D eigenvalue weighted by atomic mass is 16.3. The molecule has 0 spiro atoms. The van der Waals surface area contributed by atoms with E-state index in [0.717, 1.165) is 12.8 Å². The molecular weight excluding hydrogens is 172 g/mol. The van der Waals surface area contributed by atoms with Crippen LogP contribution in [0.1, 0.15) is 18.9 Å². The minimum Gasteiger partial charge on any atom is -0.392 e. The monoisotopic (exact) mass is 188 g/mol. The molecule has 0 aliphatic carbocycles. The van der Waals surface area contributed by atoms with E-state index in [-0.39, 0.29) is 12.0 Å². The van der Waals surface area contributed by atoms with Crippen LogP contribution in [0.5, 0.6) is 0 Å². The second kappa shape index (κ2) is 5.47. The van der Waals surface area contributed by atoms with Crippen LogP contribution in [0.25, 0.3) is 0 Å². The maximum atomic E-state index is 9.64. The van der Waals surface area contributed by atoms with E-state index in [0.29, 0.717) is 0 Å². The molecular formula is C13H16O. The van der Waals surface area contributed by atoms with Crippen molar-refractivity contribution < 1.29 is 5.11 Å². The summed E-state index contributed by atoms with van der Waals surface area (Å²) >= 11 is 0. The number of rotatable bonds is 4. The van der Waals surface area contributed by atoms with Crippen LogP contribution >= 0.6 is 0 Å². The van der Waals surface area contributed by atoms with E-state index in [9.17, 15) is 5.11 Å². The third kappa shape index (κ3) is 3.24. The number of benzene rings is 1. The molecule has 1 N–H and O–H groups in total. The molecule has 1 rings (SSSR count). The largest absolute Gasteiger partial charge is 0.392 e. The molecule has 1 aromatic rings. The molecule has 1 aromatic carbocycles. The molecule has 0 bridgehead atoms. The fourth-order valence-electron chi connectivity index (χ4n) is 1.32. The van der Waals surface area contributed by atoms with Crippen LogP contribution in [0.3, 0.4) is 0 Å². The number of hydrogen-bond donors (Lipinski definition) is 1. The van der Waals surface area contributed by atoms with Gasteiger partial charge >= 0.3 is 0 Å². The SMILES string of the molecule is C#C[C@@H](C)[C@@H](O)CCc1ccccc1. The van der Waals surface area contributed by atoms with Crippen LogP contribution in [0.2, 0.25) is 0 Å². The number of hydrogen-bond acceptors (Lipinski definition) is 1. The number of aliphatic hydroxyl groups excluding tert-OH is 1. The molecule has 0 amide bonds. The molecule has 1 heteroatoms. The third-order valence-corrected chi connectivity index (χ3v) is 2.41. The Bertz CT molecular complexity index is 297. The normalized spacial score (nSPS) is 14.4. The van der Waals surface area contributed by atoms with Gasteiger partial charge in [0.1, 0.15) is 0 Å². The van der Waals surface area contributed by atoms with E-state index in [1.807, 2.05) is 25.1 Å². The molecule has 0 saturated carbocycles. The molecule has 2 atom stereocenters. The van der Waals surface area contributed by atoms with Crippen molar-refractivity contribution >= 4 is 0 Å². The highest BCUT2D eigenvalue weighted by molar-refractivity contribution is 5.14. The van der Waals surface area contributed by atoms with Gasteiger partial charge in [-0.3, -0.25) is 0 Å². The van der Waals surface area contributed by atoms with Gasteiger partial charge in [-0.1, -0.05) is 30.3 Å². The van der Waals surface area contributed by atoms with Gasteiger partial charge in [0.15, 0.2) is 0 Å². The quantitative estimate of drug-likeness (QED) is 0.718. The number of terminal acetylenes is 1. The lowest BCUT2D eigenvalue weighted by Gasteiger charge is -2.13. The van der Waals surface area contributed by atoms with Gasteiger partial charge in [-0.25, -0.2) is 0 Å². The number of aryl methyl sites for hydroxylation is 1. The van der Waals surface area contributed by atoms with Gasteiger partial charge in [-0.05, 0) is 25.3 Å². The maximum absolute atomic E-state index is 9.64. The van der Waals surface area contributed by atoms with Crippen LogP contribution in [0.15, 0.2) is 30.3 Å². The summed E-state index contributed by atoms with van der Waals surface area (Å²) in [6, 6.07) is 10.1. The van der Waals surface area contributed by atoms with Gasteiger partial charge in [0.2, 0.25) is 0 Å². The van der Waals surface area contributed by atoms with E-state index in [4.69, 9.17) is 6.42 Å². The molecule has 0 radical (unpaired) electrons. The number of aliphatic hydroxyl groups is 1. The van der Waals surface area contributed by atoms with E-state index < -0.39 is 0 Å².